The molecule has 20 heavy (non-hydrogen) atoms. The van der Waals surface area contributed by atoms with E-state index in [1.807, 2.05) is 37.3 Å². The van der Waals surface area contributed by atoms with E-state index in [2.05, 4.69) is 13.8 Å². The lowest BCUT2D eigenvalue weighted by Gasteiger charge is -2.20. The second-order valence-electron chi connectivity index (χ2n) is 5.33. The highest BCUT2D eigenvalue weighted by atomic mass is 16.5. The fraction of sp³-hybridized carbons (Fsp3) is 0.611. The molecule has 0 fully saturated rings. The maximum absolute atomic E-state index is 12.4. The number of carbonyl (C=O) groups excluding carboxylic acids is 1. The Hall–Kier alpha value is -1.31. The molecule has 0 saturated carbocycles. The smallest absolute Gasteiger partial charge is 0.313 e. The Morgan fingerprint density at radius 1 is 1.05 bits per heavy atom. The third kappa shape index (κ3) is 5.36. The van der Waals surface area contributed by atoms with Gasteiger partial charge in [0.25, 0.3) is 0 Å². The Morgan fingerprint density at radius 2 is 1.75 bits per heavy atom. The van der Waals surface area contributed by atoms with E-state index >= 15 is 0 Å². The number of rotatable bonds is 9. The van der Waals surface area contributed by atoms with Gasteiger partial charge in [-0.15, -0.1) is 0 Å². The molecule has 2 atom stereocenters. The van der Waals surface area contributed by atoms with E-state index in [-0.39, 0.29) is 18.0 Å². The predicted molar refractivity (Wildman–Crippen MR) is 83.8 cm³/mol. The van der Waals surface area contributed by atoms with Crippen LogP contribution < -0.4 is 0 Å². The van der Waals surface area contributed by atoms with Crippen molar-refractivity contribution in [1.82, 2.24) is 0 Å². The van der Waals surface area contributed by atoms with Crippen molar-refractivity contribution >= 4 is 5.97 Å². The summed E-state index contributed by atoms with van der Waals surface area (Å²) in [5.41, 5.74) is 1.06. The molecule has 112 valence electrons. The zero-order chi connectivity index (χ0) is 14.8. The van der Waals surface area contributed by atoms with Crippen LogP contribution >= 0.6 is 0 Å². The van der Waals surface area contributed by atoms with Crippen LogP contribution in [0, 0.1) is 0 Å². The average Bonchev–Trinajstić information content (AvgIpc) is 2.48. The zero-order valence-electron chi connectivity index (χ0n) is 13.1. The summed E-state index contributed by atoms with van der Waals surface area (Å²) in [4.78, 5) is 12.4. The van der Waals surface area contributed by atoms with Crippen LogP contribution in [0.25, 0.3) is 0 Å². The monoisotopic (exact) mass is 276 g/mol. The molecule has 1 aromatic carbocycles. The molecular weight excluding hydrogens is 248 g/mol. The van der Waals surface area contributed by atoms with Crippen molar-refractivity contribution in [2.24, 2.45) is 0 Å². The molecule has 0 heterocycles. The first-order valence-electron chi connectivity index (χ1n) is 7.98. The van der Waals surface area contributed by atoms with Gasteiger partial charge in [0, 0.05) is 0 Å². The number of hydrogen-bond acceptors (Lipinski definition) is 2. The molecule has 0 amide bonds. The van der Waals surface area contributed by atoms with Gasteiger partial charge in [-0.25, -0.2) is 0 Å². The highest BCUT2D eigenvalue weighted by molar-refractivity contribution is 5.78. The molecule has 0 radical (unpaired) electrons. The average molecular weight is 276 g/mol. The maximum atomic E-state index is 12.4. The molecule has 2 nitrogen and oxygen atoms in total. The Kier molecular flexibility index (Phi) is 8.01. The van der Waals surface area contributed by atoms with E-state index in [0.29, 0.717) is 0 Å². The van der Waals surface area contributed by atoms with E-state index in [0.717, 1.165) is 31.2 Å². The van der Waals surface area contributed by atoms with Gasteiger partial charge in [0.15, 0.2) is 0 Å². The van der Waals surface area contributed by atoms with Crippen molar-refractivity contribution in [1.29, 1.82) is 0 Å². The number of hydrogen-bond donors (Lipinski definition) is 0. The zero-order valence-corrected chi connectivity index (χ0v) is 13.1. The van der Waals surface area contributed by atoms with Gasteiger partial charge in [0.1, 0.15) is 6.10 Å². The number of unbranched alkanes of at least 4 members (excludes halogenated alkanes) is 2. The highest BCUT2D eigenvalue weighted by Crippen LogP contribution is 2.23. The number of esters is 1. The first kappa shape index (κ1) is 16.7. The molecule has 0 aliphatic rings. The van der Waals surface area contributed by atoms with Gasteiger partial charge in [0.2, 0.25) is 0 Å². The van der Waals surface area contributed by atoms with Crippen molar-refractivity contribution in [3.63, 3.8) is 0 Å². The van der Waals surface area contributed by atoms with E-state index in [1.54, 1.807) is 0 Å². The van der Waals surface area contributed by atoms with Gasteiger partial charge >= 0.3 is 5.97 Å². The summed E-state index contributed by atoms with van der Waals surface area (Å²) in [5.74, 6) is -0.196. The molecule has 0 bridgehead atoms. The minimum Gasteiger partial charge on any atom is -0.462 e. The lowest BCUT2D eigenvalue weighted by molar-refractivity contribution is -0.151. The predicted octanol–water partition coefficient (Wildman–Crippen LogP) is 5.08. The molecule has 0 aromatic heterocycles. The molecule has 0 spiro atoms. The van der Waals surface area contributed by atoms with Crippen molar-refractivity contribution in [3.8, 4) is 0 Å². The van der Waals surface area contributed by atoms with Gasteiger partial charge in [-0.3, -0.25) is 4.79 Å². The van der Waals surface area contributed by atoms with Crippen molar-refractivity contribution in [3.05, 3.63) is 35.9 Å². The minimum absolute atomic E-state index is 0.0675. The molecule has 2 heteroatoms. The summed E-state index contributed by atoms with van der Waals surface area (Å²) in [6.07, 6.45) is 6.31. The number of ether oxygens (including phenoxy) is 1. The van der Waals surface area contributed by atoms with Crippen LogP contribution in [0.4, 0.5) is 0 Å². The highest BCUT2D eigenvalue weighted by Gasteiger charge is 2.22. The van der Waals surface area contributed by atoms with Gasteiger partial charge in [0.05, 0.1) is 5.92 Å². The second kappa shape index (κ2) is 9.57. The van der Waals surface area contributed by atoms with Crippen molar-refractivity contribution < 1.29 is 9.53 Å². The van der Waals surface area contributed by atoms with E-state index in [9.17, 15) is 4.79 Å². The summed E-state index contributed by atoms with van der Waals surface area (Å²) in [5, 5.41) is 0. The third-order valence-corrected chi connectivity index (χ3v) is 3.76. The Labute approximate surface area is 123 Å². The largest absolute Gasteiger partial charge is 0.462 e. The van der Waals surface area contributed by atoms with Crippen LogP contribution in [-0.4, -0.2) is 12.1 Å². The minimum atomic E-state index is -0.128. The van der Waals surface area contributed by atoms with E-state index in [4.69, 9.17) is 4.74 Å². The molecule has 0 N–H and O–H groups in total. The Bertz CT molecular complexity index is 372. The van der Waals surface area contributed by atoms with Crippen LogP contribution in [0.2, 0.25) is 0 Å². The maximum Gasteiger partial charge on any atom is 0.313 e. The molecule has 0 aliphatic carbocycles. The molecule has 1 aromatic rings. The van der Waals surface area contributed by atoms with E-state index < -0.39 is 0 Å². The summed E-state index contributed by atoms with van der Waals surface area (Å²) in [6.45, 7) is 6.32. The Balaban J connectivity index is 2.57. The summed E-state index contributed by atoms with van der Waals surface area (Å²) >= 11 is 0. The molecule has 1 rings (SSSR count). The number of carbonyl (C=O) groups is 1. The van der Waals surface area contributed by atoms with Gasteiger partial charge in [-0.05, 0) is 31.2 Å². The van der Waals surface area contributed by atoms with Crippen molar-refractivity contribution in [2.75, 3.05) is 0 Å². The summed E-state index contributed by atoms with van der Waals surface area (Å²) < 4.78 is 5.71. The van der Waals surface area contributed by atoms with E-state index in [1.165, 1.54) is 12.8 Å². The second-order valence-corrected chi connectivity index (χ2v) is 5.33. The van der Waals surface area contributed by atoms with Crippen LogP contribution in [0.5, 0.6) is 0 Å². The van der Waals surface area contributed by atoms with Crippen LogP contribution in [0.15, 0.2) is 30.3 Å². The van der Waals surface area contributed by atoms with Gasteiger partial charge in [-0.1, -0.05) is 63.9 Å². The quantitative estimate of drug-likeness (QED) is 0.464. The SMILES string of the molecule is CCCCCC(CC)OC(=O)C(CC)c1ccccc1. The topological polar surface area (TPSA) is 26.3 Å². The van der Waals surface area contributed by atoms with Crippen LogP contribution in [0.3, 0.4) is 0 Å². The lowest BCUT2D eigenvalue weighted by Crippen LogP contribution is -2.22. The third-order valence-electron chi connectivity index (χ3n) is 3.76. The molecule has 0 saturated heterocycles. The number of benzene rings is 1. The lowest BCUT2D eigenvalue weighted by atomic mass is 9.96. The van der Waals surface area contributed by atoms with Gasteiger partial charge < -0.3 is 4.74 Å². The standard InChI is InChI=1S/C18H28O2/c1-4-7-9-14-16(5-2)20-18(19)17(6-3)15-12-10-8-11-13-15/h8,10-13,16-17H,4-7,9,14H2,1-3H3. The normalized spacial score (nSPS) is 13.8. The Morgan fingerprint density at radius 3 is 2.30 bits per heavy atom. The molecule has 0 aliphatic heterocycles. The van der Waals surface area contributed by atoms with Crippen molar-refractivity contribution in [2.45, 2.75) is 71.3 Å². The fourth-order valence-electron chi connectivity index (χ4n) is 2.44. The first-order valence-corrected chi connectivity index (χ1v) is 7.98. The van der Waals surface area contributed by atoms with Gasteiger partial charge in [-0.2, -0.15) is 0 Å². The molecular formula is C18H28O2. The summed E-state index contributed by atoms with van der Waals surface area (Å²) in [6, 6.07) is 9.94. The summed E-state index contributed by atoms with van der Waals surface area (Å²) in [7, 11) is 0. The molecule has 2 unspecified atom stereocenters. The first-order chi connectivity index (χ1) is 9.72. The van der Waals surface area contributed by atoms with Crippen LogP contribution in [0.1, 0.15) is 70.8 Å². The van der Waals surface area contributed by atoms with Crippen LogP contribution in [-0.2, 0) is 9.53 Å². The fourth-order valence-corrected chi connectivity index (χ4v) is 2.44.